The first-order valence-electron chi connectivity index (χ1n) is 12.8. The summed E-state index contributed by atoms with van der Waals surface area (Å²) in [7, 11) is 0. The molecule has 5 rings (SSSR count). The molecular weight excluding hydrogens is 434 g/mol. The minimum Gasteiger partial charge on any atom is -0.371 e. The molecule has 6 heteroatoms. The molecule has 0 spiro atoms. The number of likely N-dealkylation sites (tertiary alicyclic amines) is 1. The van der Waals surface area contributed by atoms with E-state index in [1.54, 1.807) is 24.5 Å². The smallest absolute Gasteiger partial charge is 0.257 e. The number of pyridine rings is 1. The van der Waals surface area contributed by atoms with E-state index in [1.165, 1.54) is 25.1 Å². The molecule has 0 unspecified atom stereocenters. The van der Waals surface area contributed by atoms with Crippen molar-refractivity contribution in [3.63, 3.8) is 0 Å². The Morgan fingerprint density at radius 1 is 0.943 bits per heavy atom. The molecule has 1 amide bonds. The van der Waals surface area contributed by atoms with Gasteiger partial charge in [-0.15, -0.1) is 0 Å². The number of carbonyl (C=O) groups is 1. The van der Waals surface area contributed by atoms with Crippen LogP contribution in [-0.4, -0.2) is 61.1 Å². The van der Waals surface area contributed by atoms with E-state index in [2.05, 4.69) is 67.9 Å². The molecule has 1 aromatic heterocycles. The van der Waals surface area contributed by atoms with Gasteiger partial charge in [0, 0.05) is 62.5 Å². The monoisotopic (exact) mass is 469 g/mol. The number of nitrogens with one attached hydrogen (secondary N) is 2. The van der Waals surface area contributed by atoms with E-state index in [0.29, 0.717) is 17.5 Å². The summed E-state index contributed by atoms with van der Waals surface area (Å²) in [6, 6.07) is 23.2. The Bertz CT molecular complexity index is 1080. The minimum absolute atomic E-state index is 0.133. The van der Waals surface area contributed by atoms with Gasteiger partial charge in [0.05, 0.1) is 5.56 Å². The minimum atomic E-state index is -0.133. The lowest BCUT2D eigenvalue weighted by Gasteiger charge is -2.34. The SMILES string of the molecule is O=C(Nc1cccc(N2CCC(NCCN3CC[C@H](c4ccccc4)C3)CC2)c1)c1cccnc1. The van der Waals surface area contributed by atoms with Gasteiger partial charge in [0.25, 0.3) is 5.91 Å². The highest BCUT2D eigenvalue weighted by molar-refractivity contribution is 6.04. The number of nitrogens with zero attached hydrogens (tertiary/aromatic N) is 3. The molecule has 0 radical (unpaired) electrons. The fourth-order valence-corrected chi connectivity index (χ4v) is 5.28. The van der Waals surface area contributed by atoms with Gasteiger partial charge >= 0.3 is 0 Å². The topological polar surface area (TPSA) is 60.5 Å². The van der Waals surface area contributed by atoms with Crippen molar-refractivity contribution in [1.82, 2.24) is 15.2 Å². The molecule has 3 aromatic rings. The van der Waals surface area contributed by atoms with E-state index in [-0.39, 0.29) is 5.91 Å². The highest BCUT2D eigenvalue weighted by atomic mass is 16.1. The molecule has 2 saturated heterocycles. The van der Waals surface area contributed by atoms with Gasteiger partial charge in [-0.1, -0.05) is 36.4 Å². The maximum atomic E-state index is 12.5. The van der Waals surface area contributed by atoms with E-state index < -0.39 is 0 Å². The summed E-state index contributed by atoms with van der Waals surface area (Å²) in [5, 5.41) is 6.79. The van der Waals surface area contributed by atoms with Crippen LogP contribution in [0.2, 0.25) is 0 Å². The molecule has 2 aromatic carbocycles. The lowest BCUT2D eigenvalue weighted by atomic mass is 9.99. The van der Waals surface area contributed by atoms with E-state index >= 15 is 0 Å². The maximum Gasteiger partial charge on any atom is 0.257 e. The van der Waals surface area contributed by atoms with Gasteiger partial charge in [-0.3, -0.25) is 9.78 Å². The van der Waals surface area contributed by atoms with Crippen LogP contribution in [-0.2, 0) is 0 Å². The predicted molar refractivity (Wildman–Crippen MR) is 142 cm³/mol. The summed E-state index contributed by atoms with van der Waals surface area (Å²) in [6.45, 7) is 6.62. The summed E-state index contributed by atoms with van der Waals surface area (Å²) in [5.74, 6) is 0.551. The highest BCUT2D eigenvalue weighted by Gasteiger charge is 2.24. The van der Waals surface area contributed by atoms with Crippen molar-refractivity contribution in [1.29, 1.82) is 0 Å². The Labute approximate surface area is 208 Å². The molecule has 3 heterocycles. The molecule has 35 heavy (non-hydrogen) atoms. The molecule has 0 bridgehead atoms. The number of benzene rings is 2. The largest absolute Gasteiger partial charge is 0.371 e. The summed E-state index contributed by atoms with van der Waals surface area (Å²) in [5.41, 5.74) is 4.03. The number of anilines is 2. The first-order chi connectivity index (χ1) is 17.2. The molecule has 2 aliphatic heterocycles. The van der Waals surface area contributed by atoms with Crippen molar-refractivity contribution >= 4 is 17.3 Å². The second kappa shape index (κ2) is 11.5. The quantitative estimate of drug-likeness (QED) is 0.513. The third-order valence-electron chi connectivity index (χ3n) is 7.29. The van der Waals surface area contributed by atoms with Crippen LogP contribution in [0.1, 0.15) is 41.1 Å². The lowest BCUT2D eigenvalue weighted by molar-refractivity contribution is 0.102. The number of amides is 1. The van der Waals surface area contributed by atoms with E-state index in [0.717, 1.165) is 50.4 Å². The van der Waals surface area contributed by atoms with Crippen LogP contribution >= 0.6 is 0 Å². The van der Waals surface area contributed by atoms with Crippen LogP contribution in [0.5, 0.6) is 0 Å². The second-order valence-electron chi connectivity index (χ2n) is 9.66. The van der Waals surface area contributed by atoms with Crippen LogP contribution in [0.25, 0.3) is 0 Å². The Kier molecular flexibility index (Phi) is 7.71. The summed E-state index contributed by atoms with van der Waals surface area (Å²) in [6.07, 6.45) is 6.80. The molecule has 2 aliphatic rings. The number of carbonyl (C=O) groups excluding carboxylic acids is 1. The summed E-state index contributed by atoms with van der Waals surface area (Å²) in [4.78, 5) is 21.5. The molecule has 0 aliphatic carbocycles. The average Bonchev–Trinajstić information content (AvgIpc) is 3.39. The van der Waals surface area contributed by atoms with Crippen molar-refractivity contribution in [2.75, 3.05) is 49.5 Å². The van der Waals surface area contributed by atoms with Crippen molar-refractivity contribution in [2.24, 2.45) is 0 Å². The molecule has 1 atom stereocenters. The Morgan fingerprint density at radius 3 is 2.60 bits per heavy atom. The standard InChI is InChI=1S/C29H35N5O/c35-29(24-8-5-14-30-21-24)32-27-9-4-10-28(20-27)34-17-12-26(13-18-34)31-15-19-33-16-11-25(22-33)23-6-2-1-3-7-23/h1-10,14,20-21,25-26,31H,11-13,15-19,22H2,(H,32,35)/t25-/m0/s1. The summed E-state index contributed by atoms with van der Waals surface area (Å²) < 4.78 is 0. The predicted octanol–water partition coefficient (Wildman–Crippen LogP) is 4.38. The number of piperidine rings is 1. The highest BCUT2D eigenvalue weighted by Crippen LogP contribution is 2.27. The van der Waals surface area contributed by atoms with E-state index in [4.69, 9.17) is 0 Å². The zero-order valence-electron chi connectivity index (χ0n) is 20.3. The van der Waals surface area contributed by atoms with Gasteiger partial charge in [-0.05, 0) is 67.6 Å². The van der Waals surface area contributed by atoms with Gasteiger partial charge in [0.15, 0.2) is 0 Å². The molecule has 2 fully saturated rings. The zero-order valence-corrected chi connectivity index (χ0v) is 20.3. The Balaban J connectivity index is 1.04. The van der Waals surface area contributed by atoms with Crippen molar-refractivity contribution in [3.8, 4) is 0 Å². The van der Waals surface area contributed by atoms with Gasteiger partial charge in [0.1, 0.15) is 0 Å². The third kappa shape index (κ3) is 6.27. The normalized spacial score (nSPS) is 19.1. The molecule has 182 valence electrons. The van der Waals surface area contributed by atoms with Gasteiger partial charge in [-0.2, -0.15) is 0 Å². The summed E-state index contributed by atoms with van der Waals surface area (Å²) >= 11 is 0. The third-order valence-corrected chi connectivity index (χ3v) is 7.29. The second-order valence-corrected chi connectivity index (χ2v) is 9.66. The van der Waals surface area contributed by atoms with Crippen LogP contribution in [0.15, 0.2) is 79.1 Å². The Morgan fingerprint density at radius 2 is 1.80 bits per heavy atom. The van der Waals surface area contributed by atoms with Crippen molar-refractivity contribution < 1.29 is 4.79 Å². The van der Waals surface area contributed by atoms with Crippen LogP contribution in [0, 0.1) is 0 Å². The van der Waals surface area contributed by atoms with Crippen LogP contribution in [0.4, 0.5) is 11.4 Å². The van der Waals surface area contributed by atoms with Crippen molar-refractivity contribution in [3.05, 3.63) is 90.3 Å². The lowest BCUT2D eigenvalue weighted by Crippen LogP contribution is -2.44. The van der Waals surface area contributed by atoms with E-state index in [1.807, 2.05) is 12.1 Å². The first kappa shape index (κ1) is 23.5. The molecular formula is C29H35N5O. The maximum absolute atomic E-state index is 12.5. The Hall–Kier alpha value is -3.22. The van der Waals surface area contributed by atoms with E-state index in [9.17, 15) is 4.79 Å². The molecule has 0 saturated carbocycles. The van der Waals surface area contributed by atoms with Gasteiger partial charge in [0.2, 0.25) is 0 Å². The fourth-order valence-electron chi connectivity index (χ4n) is 5.28. The van der Waals surface area contributed by atoms with Gasteiger partial charge in [-0.25, -0.2) is 0 Å². The van der Waals surface area contributed by atoms with Crippen LogP contribution in [0.3, 0.4) is 0 Å². The number of rotatable bonds is 8. The number of hydrogen-bond donors (Lipinski definition) is 2. The average molecular weight is 470 g/mol. The first-order valence-corrected chi connectivity index (χ1v) is 12.8. The van der Waals surface area contributed by atoms with Gasteiger partial charge < -0.3 is 20.4 Å². The fraction of sp³-hybridized carbons (Fsp3) is 0.379. The van der Waals surface area contributed by atoms with Crippen LogP contribution < -0.4 is 15.5 Å². The molecule has 6 nitrogen and oxygen atoms in total. The number of hydrogen-bond acceptors (Lipinski definition) is 5. The van der Waals surface area contributed by atoms with Crippen molar-refractivity contribution in [2.45, 2.75) is 31.2 Å². The number of aromatic nitrogens is 1. The zero-order chi connectivity index (χ0) is 23.9. The molecule has 2 N–H and O–H groups in total.